The lowest BCUT2D eigenvalue weighted by molar-refractivity contribution is 0.102. The van der Waals surface area contributed by atoms with Gasteiger partial charge in [-0.3, -0.25) is 4.79 Å². The van der Waals surface area contributed by atoms with Crippen LogP contribution in [0.2, 0.25) is 0 Å². The number of carbonyl (C=O) groups excluding carboxylic acids is 1. The molecule has 7 heteroatoms. The Morgan fingerprint density at radius 2 is 2.00 bits per heavy atom. The Hall–Kier alpha value is -2.57. The number of nitrogens with one attached hydrogen (secondary N) is 2. The topological polar surface area (TPSA) is 92.7 Å². The highest BCUT2D eigenvalue weighted by Gasteiger charge is 2.29. The van der Waals surface area contributed by atoms with Crippen LogP contribution in [0.15, 0.2) is 12.3 Å². The van der Waals surface area contributed by atoms with Crippen LogP contribution in [-0.4, -0.2) is 32.9 Å². The molecule has 0 aliphatic heterocycles. The highest BCUT2D eigenvalue weighted by molar-refractivity contribution is 6.03. The van der Waals surface area contributed by atoms with Crippen LogP contribution >= 0.6 is 0 Å². The molecule has 2 N–H and O–H groups in total. The zero-order chi connectivity index (χ0) is 15.7. The molecule has 22 heavy (non-hydrogen) atoms. The first-order valence-corrected chi connectivity index (χ1v) is 7.25. The summed E-state index contributed by atoms with van der Waals surface area (Å²) in [4.78, 5) is 29.4. The first-order valence-electron chi connectivity index (χ1n) is 7.25. The van der Waals surface area contributed by atoms with Crippen molar-refractivity contribution >= 4 is 17.5 Å². The van der Waals surface area contributed by atoms with E-state index in [1.54, 1.807) is 19.3 Å². The summed E-state index contributed by atoms with van der Waals surface area (Å²) in [5, 5.41) is 5.72. The van der Waals surface area contributed by atoms with Gasteiger partial charge in [-0.25, -0.2) is 19.9 Å². The zero-order valence-electron chi connectivity index (χ0n) is 12.8. The molecule has 1 aliphatic rings. The van der Waals surface area contributed by atoms with Crippen LogP contribution in [0.25, 0.3) is 0 Å². The molecule has 114 valence electrons. The normalized spacial score (nSPS) is 13.8. The molecule has 3 rings (SSSR count). The van der Waals surface area contributed by atoms with E-state index in [4.69, 9.17) is 0 Å². The Labute approximate surface area is 128 Å². The molecule has 0 radical (unpaired) electrons. The second-order valence-electron chi connectivity index (χ2n) is 5.41. The average molecular weight is 298 g/mol. The monoisotopic (exact) mass is 298 g/mol. The van der Waals surface area contributed by atoms with Crippen LogP contribution in [0.1, 0.15) is 46.5 Å². The standard InChI is InChI=1S/C15H18N6O/c1-8-6-11(21-15(16-3)18-8)14(22)20-12-7-17-9(2)19-13(12)10-4-5-10/h6-7,10H,4-5H2,1-3H3,(H,20,22)(H,16,18,21). The van der Waals surface area contributed by atoms with E-state index < -0.39 is 0 Å². The summed E-state index contributed by atoms with van der Waals surface area (Å²) in [5.74, 6) is 1.29. The van der Waals surface area contributed by atoms with Crippen LogP contribution in [0.3, 0.4) is 0 Å². The number of amides is 1. The first kappa shape index (κ1) is 14.4. The summed E-state index contributed by atoms with van der Waals surface area (Å²) in [6, 6.07) is 1.65. The molecule has 0 unspecified atom stereocenters. The molecule has 2 aromatic heterocycles. The molecule has 2 aromatic rings. The predicted molar refractivity (Wildman–Crippen MR) is 83.0 cm³/mol. The maximum Gasteiger partial charge on any atom is 0.274 e. The molecule has 0 saturated heterocycles. The molecular formula is C15H18N6O. The molecule has 1 aliphatic carbocycles. The van der Waals surface area contributed by atoms with Crippen molar-refractivity contribution in [3.8, 4) is 0 Å². The summed E-state index contributed by atoms with van der Waals surface area (Å²) in [7, 11) is 1.72. The van der Waals surface area contributed by atoms with Crippen molar-refractivity contribution < 1.29 is 4.79 Å². The molecule has 0 spiro atoms. The molecule has 0 aromatic carbocycles. The van der Waals surface area contributed by atoms with E-state index >= 15 is 0 Å². The lowest BCUT2D eigenvalue weighted by Crippen LogP contribution is -2.17. The fourth-order valence-electron chi connectivity index (χ4n) is 2.23. The lowest BCUT2D eigenvalue weighted by atomic mass is 10.2. The summed E-state index contributed by atoms with van der Waals surface area (Å²) in [6.07, 6.45) is 3.88. The summed E-state index contributed by atoms with van der Waals surface area (Å²) < 4.78 is 0. The summed E-state index contributed by atoms with van der Waals surface area (Å²) in [5.41, 5.74) is 2.63. The Balaban J connectivity index is 1.87. The number of aryl methyl sites for hydroxylation is 2. The Bertz CT molecular complexity index is 726. The molecule has 0 bridgehead atoms. The first-order chi connectivity index (χ1) is 10.6. The van der Waals surface area contributed by atoms with Gasteiger partial charge in [0.2, 0.25) is 5.95 Å². The maximum absolute atomic E-state index is 12.4. The molecular weight excluding hydrogens is 280 g/mol. The fourth-order valence-corrected chi connectivity index (χ4v) is 2.23. The summed E-state index contributed by atoms with van der Waals surface area (Å²) >= 11 is 0. The third-order valence-electron chi connectivity index (χ3n) is 3.46. The summed E-state index contributed by atoms with van der Waals surface area (Å²) in [6.45, 7) is 3.67. The van der Waals surface area contributed by atoms with Gasteiger partial charge in [0.1, 0.15) is 11.5 Å². The van der Waals surface area contributed by atoms with E-state index in [0.717, 1.165) is 30.1 Å². The van der Waals surface area contributed by atoms with Gasteiger partial charge in [0.05, 0.1) is 17.6 Å². The second kappa shape index (κ2) is 5.67. The highest BCUT2D eigenvalue weighted by atomic mass is 16.1. The van der Waals surface area contributed by atoms with Gasteiger partial charge in [0, 0.05) is 18.7 Å². The van der Waals surface area contributed by atoms with Crippen LogP contribution < -0.4 is 10.6 Å². The van der Waals surface area contributed by atoms with Gasteiger partial charge in [-0.1, -0.05) is 0 Å². The van der Waals surface area contributed by atoms with Crippen LogP contribution in [0, 0.1) is 13.8 Å². The van der Waals surface area contributed by atoms with E-state index in [-0.39, 0.29) is 5.91 Å². The van der Waals surface area contributed by atoms with E-state index in [9.17, 15) is 4.79 Å². The van der Waals surface area contributed by atoms with Crippen LogP contribution in [0.5, 0.6) is 0 Å². The number of anilines is 2. The SMILES string of the molecule is CNc1nc(C)cc(C(=O)Nc2cnc(C)nc2C2CC2)n1. The second-order valence-corrected chi connectivity index (χ2v) is 5.41. The third kappa shape index (κ3) is 3.03. The number of rotatable bonds is 4. The minimum absolute atomic E-state index is 0.281. The van der Waals surface area contributed by atoms with E-state index in [1.165, 1.54) is 0 Å². The largest absolute Gasteiger partial charge is 0.357 e. The van der Waals surface area contributed by atoms with Gasteiger partial charge in [0.25, 0.3) is 5.91 Å². The molecule has 0 atom stereocenters. The van der Waals surface area contributed by atoms with Crippen molar-refractivity contribution in [2.24, 2.45) is 0 Å². The number of aromatic nitrogens is 4. The van der Waals surface area contributed by atoms with Crippen molar-refractivity contribution in [3.05, 3.63) is 35.2 Å². The van der Waals surface area contributed by atoms with Crippen molar-refractivity contribution in [1.82, 2.24) is 19.9 Å². The number of nitrogens with zero attached hydrogens (tertiary/aromatic N) is 4. The van der Waals surface area contributed by atoms with Crippen molar-refractivity contribution in [2.45, 2.75) is 32.6 Å². The van der Waals surface area contributed by atoms with Gasteiger partial charge >= 0.3 is 0 Å². The van der Waals surface area contributed by atoms with Crippen molar-refractivity contribution in [2.75, 3.05) is 17.7 Å². The minimum Gasteiger partial charge on any atom is -0.357 e. The Morgan fingerprint density at radius 3 is 2.68 bits per heavy atom. The number of carbonyl (C=O) groups is 1. The molecule has 1 fully saturated rings. The highest BCUT2D eigenvalue weighted by Crippen LogP contribution is 2.42. The number of hydrogen-bond donors (Lipinski definition) is 2. The average Bonchev–Trinajstić information content (AvgIpc) is 3.33. The minimum atomic E-state index is -0.281. The fraction of sp³-hybridized carbons (Fsp3) is 0.400. The van der Waals surface area contributed by atoms with Gasteiger partial charge < -0.3 is 10.6 Å². The molecule has 2 heterocycles. The smallest absolute Gasteiger partial charge is 0.274 e. The van der Waals surface area contributed by atoms with Gasteiger partial charge in [-0.05, 0) is 32.8 Å². The van der Waals surface area contributed by atoms with Gasteiger partial charge in [-0.2, -0.15) is 0 Å². The molecule has 1 amide bonds. The Morgan fingerprint density at radius 1 is 1.23 bits per heavy atom. The maximum atomic E-state index is 12.4. The number of hydrogen-bond acceptors (Lipinski definition) is 6. The van der Waals surface area contributed by atoms with Crippen LogP contribution in [0.4, 0.5) is 11.6 Å². The molecule has 1 saturated carbocycles. The third-order valence-corrected chi connectivity index (χ3v) is 3.46. The lowest BCUT2D eigenvalue weighted by Gasteiger charge is -2.10. The van der Waals surface area contributed by atoms with Gasteiger partial charge in [0.15, 0.2) is 0 Å². The van der Waals surface area contributed by atoms with E-state index in [0.29, 0.717) is 23.2 Å². The predicted octanol–water partition coefficient (Wildman–Crippen LogP) is 2.05. The molecule has 7 nitrogen and oxygen atoms in total. The zero-order valence-corrected chi connectivity index (χ0v) is 12.8. The van der Waals surface area contributed by atoms with Gasteiger partial charge in [-0.15, -0.1) is 0 Å². The van der Waals surface area contributed by atoms with E-state index in [2.05, 4.69) is 30.6 Å². The van der Waals surface area contributed by atoms with Crippen molar-refractivity contribution in [1.29, 1.82) is 0 Å². The van der Waals surface area contributed by atoms with Crippen molar-refractivity contribution in [3.63, 3.8) is 0 Å². The van der Waals surface area contributed by atoms with E-state index in [1.807, 2.05) is 13.8 Å². The quantitative estimate of drug-likeness (QED) is 0.897. The van der Waals surface area contributed by atoms with Crippen LogP contribution in [-0.2, 0) is 0 Å². The Kier molecular flexibility index (Phi) is 3.70.